The predicted molar refractivity (Wildman–Crippen MR) is 131 cm³/mol. The summed E-state index contributed by atoms with van der Waals surface area (Å²) in [6.07, 6.45) is 10.7. The number of aliphatic hydroxyl groups excluding tert-OH is 3. The quantitative estimate of drug-likeness (QED) is 0.441. The molecule has 4 aliphatic carbocycles. The number of rotatable bonds is 6. The molecule has 32 heavy (non-hydrogen) atoms. The molecule has 1 unspecified atom stereocenters. The Morgan fingerprint density at radius 2 is 1.72 bits per heavy atom. The molecule has 0 amide bonds. The van der Waals surface area contributed by atoms with E-state index in [1.807, 2.05) is 0 Å². The molecule has 0 spiro atoms. The highest BCUT2D eigenvalue weighted by Gasteiger charge is 2.63. The Labute approximate surface area is 197 Å². The molecule has 11 atom stereocenters. The largest absolute Gasteiger partial charge is 0.393 e. The van der Waals surface area contributed by atoms with E-state index in [2.05, 4.69) is 47.6 Å². The Morgan fingerprint density at radius 1 is 1.00 bits per heavy atom. The van der Waals surface area contributed by atoms with Crippen molar-refractivity contribution in [2.24, 2.45) is 52.3 Å². The summed E-state index contributed by atoms with van der Waals surface area (Å²) in [5.74, 6) is 3.51. The molecule has 3 N–H and O–H groups in total. The zero-order valence-electron chi connectivity index (χ0n) is 21.6. The number of hydrogen-bond acceptors (Lipinski definition) is 3. The van der Waals surface area contributed by atoms with Crippen molar-refractivity contribution in [3.05, 3.63) is 11.6 Å². The van der Waals surface area contributed by atoms with Crippen LogP contribution in [0.1, 0.15) is 99.3 Å². The topological polar surface area (TPSA) is 60.7 Å². The van der Waals surface area contributed by atoms with Crippen LogP contribution in [0.25, 0.3) is 0 Å². The second-order valence-corrected chi connectivity index (χ2v) is 13.1. The molecule has 184 valence electrons. The first kappa shape index (κ1) is 24.7. The number of aliphatic hydroxyl groups is 3. The van der Waals surface area contributed by atoms with Gasteiger partial charge in [0.05, 0.1) is 18.3 Å². The molecule has 3 heteroatoms. The van der Waals surface area contributed by atoms with E-state index in [0.717, 1.165) is 43.9 Å². The zero-order chi connectivity index (χ0) is 23.4. The Morgan fingerprint density at radius 3 is 2.38 bits per heavy atom. The number of fused-ring (bicyclic) bond motifs is 5. The fourth-order valence-corrected chi connectivity index (χ4v) is 9.38. The smallest absolute Gasteiger partial charge is 0.0757 e. The predicted octanol–water partition coefficient (Wildman–Crippen LogP) is 5.97. The average Bonchev–Trinajstić information content (AvgIpc) is 2.99. The maximum Gasteiger partial charge on any atom is 0.0757 e. The summed E-state index contributed by atoms with van der Waals surface area (Å²) < 4.78 is 0. The molecule has 0 aromatic carbocycles. The normalized spacial score (nSPS) is 47.9. The van der Waals surface area contributed by atoms with Gasteiger partial charge in [-0.05, 0) is 97.2 Å². The van der Waals surface area contributed by atoms with Crippen molar-refractivity contribution < 1.29 is 15.3 Å². The van der Waals surface area contributed by atoms with E-state index in [-0.39, 0.29) is 29.0 Å². The minimum Gasteiger partial charge on any atom is -0.393 e. The van der Waals surface area contributed by atoms with Crippen LogP contribution < -0.4 is 0 Å². The lowest BCUT2D eigenvalue weighted by Gasteiger charge is -2.59. The first-order valence-electron chi connectivity index (χ1n) is 13.8. The van der Waals surface area contributed by atoms with Crippen LogP contribution in [-0.4, -0.2) is 33.6 Å². The summed E-state index contributed by atoms with van der Waals surface area (Å²) in [5.41, 5.74) is 1.54. The van der Waals surface area contributed by atoms with Crippen molar-refractivity contribution in [2.75, 3.05) is 0 Å². The van der Waals surface area contributed by atoms with Crippen LogP contribution in [0.2, 0.25) is 0 Å². The van der Waals surface area contributed by atoms with Crippen molar-refractivity contribution >= 4 is 0 Å². The summed E-state index contributed by atoms with van der Waals surface area (Å²) in [6, 6.07) is 0. The van der Waals surface area contributed by atoms with Gasteiger partial charge in [-0.3, -0.25) is 0 Å². The third kappa shape index (κ3) is 3.93. The van der Waals surface area contributed by atoms with Crippen molar-refractivity contribution in [1.29, 1.82) is 0 Å². The maximum absolute atomic E-state index is 11.4. The van der Waals surface area contributed by atoms with Crippen molar-refractivity contribution in [3.63, 3.8) is 0 Å². The fraction of sp³-hybridized carbons (Fsp3) is 0.931. The van der Waals surface area contributed by atoms with Gasteiger partial charge >= 0.3 is 0 Å². The summed E-state index contributed by atoms with van der Waals surface area (Å²) >= 11 is 0. The van der Waals surface area contributed by atoms with Gasteiger partial charge in [0.2, 0.25) is 0 Å². The highest BCUT2D eigenvalue weighted by atomic mass is 16.3. The van der Waals surface area contributed by atoms with Gasteiger partial charge < -0.3 is 15.3 Å². The Hall–Kier alpha value is -0.380. The second kappa shape index (κ2) is 9.00. The summed E-state index contributed by atoms with van der Waals surface area (Å²) in [4.78, 5) is 0. The zero-order valence-corrected chi connectivity index (χ0v) is 21.6. The van der Waals surface area contributed by atoms with E-state index in [0.29, 0.717) is 23.7 Å². The van der Waals surface area contributed by atoms with Gasteiger partial charge in [0.1, 0.15) is 0 Å². The minimum atomic E-state index is -0.426. The lowest BCUT2D eigenvalue weighted by Crippen LogP contribution is -2.55. The van der Waals surface area contributed by atoms with E-state index in [9.17, 15) is 15.3 Å². The van der Waals surface area contributed by atoms with E-state index in [4.69, 9.17) is 0 Å². The van der Waals surface area contributed by atoms with Crippen LogP contribution in [0.4, 0.5) is 0 Å². The molecule has 0 aliphatic heterocycles. The minimum absolute atomic E-state index is 0.116. The lowest BCUT2D eigenvalue weighted by atomic mass is 9.46. The Bertz CT molecular complexity index is 701. The van der Waals surface area contributed by atoms with Gasteiger partial charge in [0, 0.05) is 0 Å². The van der Waals surface area contributed by atoms with Crippen LogP contribution in [0.5, 0.6) is 0 Å². The van der Waals surface area contributed by atoms with Crippen molar-refractivity contribution in [3.8, 4) is 0 Å². The SMILES string of the molecule is CCC(CC[C@@H](C)[C@H]1[C@@H](O)C[C@H]2[C@@H]3[C@H](O)C=C4C[C@@H](O)CC[C@]4(C)[C@H]3CC[C@]12C)C(C)C. The molecular weight excluding hydrogens is 396 g/mol. The van der Waals surface area contributed by atoms with Gasteiger partial charge in [-0.15, -0.1) is 0 Å². The highest BCUT2D eigenvalue weighted by molar-refractivity contribution is 5.28. The fourth-order valence-electron chi connectivity index (χ4n) is 9.38. The molecule has 0 radical (unpaired) electrons. The molecule has 0 aromatic heterocycles. The maximum atomic E-state index is 11.4. The third-order valence-corrected chi connectivity index (χ3v) is 11.3. The standard InChI is InChI=1S/C29H50O3/c1-7-19(17(2)3)9-8-18(4)27-25(32)16-23-26-22(11-13-29(23,27)6)28(5)12-10-21(30)14-20(28)15-24(26)31/h15,17-19,21-27,30-32H,7-14,16H2,1-6H3/t18-,19?,21+,22+,23+,24-,25+,26-,27+,28+,29+/m1/s1. The van der Waals surface area contributed by atoms with Gasteiger partial charge in [-0.2, -0.15) is 0 Å². The highest BCUT2D eigenvalue weighted by Crippen LogP contribution is 2.67. The second-order valence-electron chi connectivity index (χ2n) is 13.1. The molecule has 3 nitrogen and oxygen atoms in total. The lowest BCUT2D eigenvalue weighted by molar-refractivity contribution is -0.0989. The van der Waals surface area contributed by atoms with Crippen LogP contribution in [0, 0.1) is 52.3 Å². The molecule has 0 aromatic rings. The molecule has 0 bridgehead atoms. The van der Waals surface area contributed by atoms with Crippen LogP contribution in [0.15, 0.2) is 11.6 Å². The molecule has 0 heterocycles. The first-order chi connectivity index (χ1) is 15.0. The van der Waals surface area contributed by atoms with Gasteiger partial charge in [0.25, 0.3) is 0 Å². The molecule has 4 aliphatic rings. The Balaban J connectivity index is 1.56. The van der Waals surface area contributed by atoms with Crippen LogP contribution in [0.3, 0.4) is 0 Å². The monoisotopic (exact) mass is 446 g/mol. The first-order valence-corrected chi connectivity index (χ1v) is 13.8. The Kier molecular flexibility index (Phi) is 6.96. The van der Waals surface area contributed by atoms with Crippen LogP contribution >= 0.6 is 0 Å². The average molecular weight is 447 g/mol. The van der Waals surface area contributed by atoms with Gasteiger partial charge in [0.15, 0.2) is 0 Å². The van der Waals surface area contributed by atoms with Crippen molar-refractivity contribution in [2.45, 2.75) is 118 Å². The summed E-state index contributed by atoms with van der Waals surface area (Å²) in [7, 11) is 0. The molecule has 3 fully saturated rings. The molecular formula is C29H50O3. The number of hydrogen-bond donors (Lipinski definition) is 3. The van der Waals surface area contributed by atoms with E-state index < -0.39 is 6.10 Å². The van der Waals surface area contributed by atoms with E-state index in [1.165, 1.54) is 31.3 Å². The van der Waals surface area contributed by atoms with Gasteiger partial charge in [-0.1, -0.05) is 66.0 Å². The molecule has 4 rings (SSSR count). The van der Waals surface area contributed by atoms with Crippen LogP contribution in [-0.2, 0) is 0 Å². The summed E-state index contributed by atoms with van der Waals surface area (Å²) in [6.45, 7) is 14.2. The van der Waals surface area contributed by atoms with Crippen molar-refractivity contribution in [1.82, 2.24) is 0 Å². The molecule has 3 saturated carbocycles. The summed E-state index contributed by atoms with van der Waals surface area (Å²) in [5, 5.41) is 33.0. The molecule has 0 saturated heterocycles. The van der Waals surface area contributed by atoms with E-state index in [1.54, 1.807) is 0 Å². The van der Waals surface area contributed by atoms with Gasteiger partial charge in [-0.25, -0.2) is 0 Å². The van der Waals surface area contributed by atoms with E-state index >= 15 is 0 Å². The third-order valence-electron chi connectivity index (χ3n) is 11.3.